The Labute approximate surface area is 120 Å². The molecule has 1 fully saturated rings. The molecular formula is C13H22N4O2S. The summed E-state index contributed by atoms with van der Waals surface area (Å²) < 4.78 is 24.3. The fourth-order valence-corrected chi connectivity index (χ4v) is 2.90. The molecule has 1 aliphatic rings. The molecule has 1 aromatic carbocycles. The number of nitrogens with one attached hydrogen (secondary N) is 2. The minimum absolute atomic E-state index is 0.391. The second kappa shape index (κ2) is 5.99. The van der Waals surface area contributed by atoms with Crippen LogP contribution < -0.4 is 15.2 Å². The number of anilines is 2. The molecule has 0 radical (unpaired) electrons. The van der Waals surface area contributed by atoms with Gasteiger partial charge in [0, 0.05) is 30.9 Å². The number of benzene rings is 1. The molecule has 1 heterocycles. The largest absolute Gasteiger partial charge is 0.381 e. The van der Waals surface area contributed by atoms with E-state index in [1.54, 1.807) is 18.2 Å². The van der Waals surface area contributed by atoms with Gasteiger partial charge in [0.1, 0.15) is 0 Å². The highest BCUT2D eigenvalue weighted by Crippen LogP contribution is 2.20. The van der Waals surface area contributed by atoms with Gasteiger partial charge in [-0.25, -0.2) is 5.14 Å². The van der Waals surface area contributed by atoms with Crippen molar-refractivity contribution in [3.8, 4) is 0 Å². The molecule has 1 atom stereocenters. The van der Waals surface area contributed by atoms with Crippen LogP contribution in [0.25, 0.3) is 0 Å². The maximum atomic E-state index is 11.0. The van der Waals surface area contributed by atoms with Gasteiger partial charge in [0.2, 0.25) is 0 Å². The topological polar surface area (TPSA) is 87.5 Å². The van der Waals surface area contributed by atoms with Gasteiger partial charge < -0.3 is 5.32 Å². The lowest BCUT2D eigenvalue weighted by molar-refractivity contribution is 0.274. The van der Waals surface area contributed by atoms with Crippen molar-refractivity contribution in [2.45, 2.75) is 32.4 Å². The number of hydrogen-bond acceptors (Lipinski definition) is 4. The van der Waals surface area contributed by atoms with Crippen LogP contribution in [0, 0.1) is 0 Å². The standard InChI is InChI=1S/C13H22N4O2S/c1-10(2)17-7-6-13(9-17)15-11-4-3-5-12(8-11)16-20(14,18)19/h3-5,8,10,13,15-16H,6-7,9H2,1-2H3,(H2,14,18,19). The third-order valence-corrected chi connectivity index (χ3v) is 3.96. The van der Waals surface area contributed by atoms with Crippen LogP contribution in [0.2, 0.25) is 0 Å². The summed E-state index contributed by atoms with van der Waals surface area (Å²) >= 11 is 0. The van der Waals surface area contributed by atoms with Crippen molar-refractivity contribution in [3.63, 3.8) is 0 Å². The summed E-state index contributed by atoms with van der Waals surface area (Å²) in [6, 6.07) is 8.09. The molecule has 0 bridgehead atoms. The predicted octanol–water partition coefficient (Wildman–Crippen LogP) is 1.20. The minimum atomic E-state index is -3.73. The first kappa shape index (κ1) is 15.1. The van der Waals surface area contributed by atoms with Crippen LogP contribution in [0.3, 0.4) is 0 Å². The van der Waals surface area contributed by atoms with Crippen molar-refractivity contribution in [3.05, 3.63) is 24.3 Å². The third-order valence-electron chi connectivity index (χ3n) is 3.44. The van der Waals surface area contributed by atoms with Crippen LogP contribution >= 0.6 is 0 Å². The Balaban J connectivity index is 1.99. The highest BCUT2D eigenvalue weighted by molar-refractivity contribution is 7.90. The first-order valence-corrected chi connectivity index (χ1v) is 8.29. The molecule has 1 aromatic rings. The molecule has 20 heavy (non-hydrogen) atoms. The van der Waals surface area contributed by atoms with Gasteiger partial charge in [-0.2, -0.15) is 8.42 Å². The van der Waals surface area contributed by atoms with Crippen LogP contribution in [0.1, 0.15) is 20.3 Å². The zero-order chi connectivity index (χ0) is 14.8. The summed E-state index contributed by atoms with van der Waals surface area (Å²) in [7, 11) is -3.73. The number of rotatable bonds is 5. The molecule has 0 amide bonds. The monoisotopic (exact) mass is 298 g/mol. The zero-order valence-electron chi connectivity index (χ0n) is 11.8. The van der Waals surface area contributed by atoms with Gasteiger partial charge in [-0.3, -0.25) is 9.62 Å². The molecule has 6 nitrogen and oxygen atoms in total. The first-order chi connectivity index (χ1) is 9.33. The number of nitrogens with two attached hydrogens (primary N) is 1. The van der Waals surface area contributed by atoms with Gasteiger partial charge in [-0.15, -0.1) is 0 Å². The quantitative estimate of drug-likeness (QED) is 0.762. The maximum Gasteiger partial charge on any atom is 0.296 e. The van der Waals surface area contributed by atoms with Crippen molar-refractivity contribution in [2.75, 3.05) is 23.1 Å². The average Bonchev–Trinajstić information content (AvgIpc) is 2.75. The molecule has 1 aliphatic heterocycles. The van der Waals surface area contributed by atoms with Crippen molar-refractivity contribution < 1.29 is 8.42 Å². The lowest BCUT2D eigenvalue weighted by Crippen LogP contribution is -2.31. The Morgan fingerprint density at radius 1 is 1.35 bits per heavy atom. The summed E-state index contributed by atoms with van der Waals surface area (Å²) in [6.07, 6.45) is 1.09. The molecule has 2 rings (SSSR count). The van der Waals surface area contributed by atoms with E-state index in [4.69, 9.17) is 5.14 Å². The van der Waals surface area contributed by atoms with E-state index in [-0.39, 0.29) is 0 Å². The Bertz CT molecular complexity index is 559. The zero-order valence-corrected chi connectivity index (χ0v) is 12.7. The Morgan fingerprint density at radius 3 is 2.65 bits per heavy atom. The van der Waals surface area contributed by atoms with Crippen molar-refractivity contribution >= 4 is 21.6 Å². The maximum absolute atomic E-state index is 11.0. The van der Waals surface area contributed by atoms with Gasteiger partial charge in [-0.05, 0) is 38.5 Å². The predicted molar refractivity (Wildman–Crippen MR) is 81.9 cm³/mol. The first-order valence-electron chi connectivity index (χ1n) is 6.75. The molecule has 0 aromatic heterocycles. The van der Waals surface area contributed by atoms with E-state index >= 15 is 0 Å². The Kier molecular flexibility index (Phi) is 4.52. The van der Waals surface area contributed by atoms with Crippen LogP contribution in [0.15, 0.2) is 24.3 Å². The van der Waals surface area contributed by atoms with Crippen molar-refractivity contribution in [1.82, 2.24) is 4.90 Å². The molecular weight excluding hydrogens is 276 g/mol. The molecule has 0 spiro atoms. The highest BCUT2D eigenvalue weighted by Gasteiger charge is 2.23. The van der Waals surface area contributed by atoms with E-state index in [1.807, 2.05) is 6.07 Å². The normalized spacial score (nSPS) is 20.3. The summed E-state index contributed by atoms with van der Waals surface area (Å²) in [4.78, 5) is 2.42. The summed E-state index contributed by atoms with van der Waals surface area (Å²) in [5, 5.41) is 8.40. The van der Waals surface area contributed by atoms with Crippen LogP contribution in [-0.2, 0) is 10.2 Å². The van der Waals surface area contributed by atoms with Gasteiger partial charge in [-0.1, -0.05) is 6.07 Å². The molecule has 0 aliphatic carbocycles. The van der Waals surface area contributed by atoms with E-state index in [0.717, 1.165) is 25.2 Å². The van der Waals surface area contributed by atoms with E-state index in [1.165, 1.54) is 0 Å². The van der Waals surface area contributed by atoms with Crippen LogP contribution in [-0.4, -0.2) is 38.5 Å². The molecule has 7 heteroatoms. The molecule has 1 saturated heterocycles. The van der Waals surface area contributed by atoms with E-state index in [0.29, 0.717) is 17.8 Å². The second-order valence-electron chi connectivity index (χ2n) is 5.45. The third kappa shape index (κ3) is 4.36. The van der Waals surface area contributed by atoms with Crippen molar-refractivity contribution in [1.29, 1.82) is 0 Å². The molecule has 112 valence electrons. The van der Waals surface area contributed by atoms with Crippen LogP contribution in [0.5, 0.6) is 0 Å². The Morgan fingerprint density at radius 2 is 2.05 bits per heavy atom. The van der Waals surface area contributed by atoms with Gasteiger partial charge in [0.25, 0.3) is 10.2 Å². The van der Waals surface area contributed by atoms with E-state index in [9.17, 15) is 8.42 Å². The minimum Gasteiger partial charge on any atom is -0.381 e. The number of nitrogens with zero attached hydrogens (tertiary/aromatic N) is 1. The van der Waals surface area contributed by atoms with E-state index in [2.05, 4.69) is 28.8 Å². The smallest absolute Gasteiger partial charge is 0.296 e. The van der Waals surface area contributed by atoms with Gasteiger partial charge >= 0.3 is 0 Å². The van der Waals surface area contributed by atoms with E-state index < -0.39 is 10.2 Å². The summed E-state index contributed by atoms with van der Waals surface area (Å²) in [5.74, 6) is 0. The lowest BCUT2D eigenvalue weighted by atomic mass is 10.2. The van der Waals surface area contributed by atoms with Gasteiger partial charge in [0.05, 0.1) is 5.69 Å². The molecule has 1 unspecified atom stereocenters. The number of likely N-dealkylation sites (tertiary alicyclic amines) is 1. The Hall–Kier alpha value is -1.31. The molecule has 0 saturated carbocycles. The van der Waals surface area contributed by atoms with Crippen molar-refractivity contribution in [2.24, 2.45) is 5.14 Å². The van der Waals surface area contributed by atoms with Crippen LogP contribution in [0.4, 0.5) is 11.4 Å². The average molecular weight is 298 g/mol. The summed E-state index contributed by atoms with van der Waals surface area (Å²) in [5.41, 5.74) is 1.37. The fourth-order valence-electron chi connectivity index (χ4n) is 2.45. The lowest BCUT2D eigenvalue weighted by Gasteiger charge is -2.21. The number of hydrogen-bond donors (Lipinski definition) is 3. The highest BCUT2D eigenvalue weighted by atomic mass is 32.2. The summed E-state index contributed by atoms with van der Waals surface area (Å²) in [6.45, 7) is 6.48. The SMILES string of the molecule is CC(C)N1CCC(Nc2cccc(NS(N)(=O)=O)c2)C1. The fraction of sp³-hybridized carbons (Fsp3) is 0.538. The van der Waals surface area contributed by atoms with Gasteiger partial charge in [0.15, 0.2) is 0 Å². The second-order valence-corrected chi connectivity index (χ2v) is 6.74. The molecule has 4 N–H and O–H groups in total.